The van der Waals surface area contributed by atoms with Crippen LogP contribution in [0.1, 0.15) is 49.6 Å². The molecule has 4 aromatic rings. The van der Waals surface area contributed by atoms with Crippen molar-refractivity contribution in [3.05, 3.63) is 83.3 Å². The van der Waals surface area contributed by atoms with Gasteiger partial charge in [0.1, 0.15) is 17.9 Å². The molecule has 0 bridgehead atoms. The first-order valence-electron chi connectivity index (χ1n) is 21.4. The highest BCUT2D eigenvalue weighted by Crippen LogP contribution is 2.40. The Labute approximate surface area is 361 Å². The molecule has 5 aliphatic rings. The predicted molar refractivity (Wildman–Crippen MR) is 234 cm³/mol. The Morgan fingerprint density at radius 1 is 0.871 bits per heavy atom. The van der Waals surface area contributed by atoms with Crippen LogP contribution in [0.4, 0.5) is 44.0 Å². The number of carbonyl (C=O) groups is 4. The van der Waals surface area contributed by atoms with Crippen LogP contribution in [-0.4, -0.2) is 126 Å². The summed E-state index contributed by atoms with van der Waals surface area (Å²) in [4.78, 5) is 76.6. The zero-order chi connectivity index (χ0) is 43.1. The summed E-state index contributed by atoms with van der Waals surface area (Å²) in [6.45, 7) is 14.9. The van der Waals surface area contributed by atoms with E-state index in [1.165, 1.54) is 0 Å². The lowest BCUT2D eigenvalue weighted by atomic mass is 10.0. The van der Waals surface area contributed by atoms with Gasteiger partial charge in [-0.3, -0.25) is 29.6 Å². The third-order valence-electron chi connectivity index (χ3n) is 12.2. The number of hydrogen-bond donors (Lipinski definition) is 2. The van der Waals surface area contributed by atoms with Gasteiger partial charge in [0.25, 0.3) is 0 Å². The van der Waals surface area contributed by atoms with Gasteiger partial charge >= 0.3 is 12.1 Å². The molecular formula is C45H53N11O6. The minimum atomic E-state index is -0.628. The van der Waals surface area contributed by atoms with E-state index in [0.29, 0.717) is 75.7 Å². The van der Waals surface area contributed by atoms with E-state index in [4.69, 9.17) is 14.5 Å². The first kappa shape index (κ1) is 40.9. The number of piperazine rings is 1. The summed E-state index contributed by atoms with van der Waals surface area (Å²) in [5, 5.41) is 5.71. The van der Waals surface area contributed by atoms with E-state index >= 15 is 0 Å². The summed E-state index contributed by atoms with van der Waals surface area (Å²) in [5.41, 5.74) is 7.49. The van der Waals surface area contributed by atoms with Crippen LogP contribution in [0.3, 0.4) is 0 Å². The molecule has 0 aliphatic carbocycles. The van der Waals surface area contributed by atoms with Crippen LogP contribution in [0.5, 0.6) is 5.88 Å². The van der Waals surface area contributed by atoms with Crippen LogP contribution in [0.2, 0.25) is 0 Å². The average molecular weight is 844 g/mol. The molecule has 0 radical (unpaired) electrons. The summed E-state index contributed by atoms with van der Waals surface area (Å²) in [6.07, 6.45) is 4.68. The minimum Gasteiger partial charge on any atom is -0.474 e. The molecule has 9 rings (SSSR count). The number of nitrogens with one attached hydrogen (secondary N) is 2. The standard InChI is InChI=1S/C45H53N11O6/c1-29-37(25-46-41-40(29)56(21-22-61-41)44(60)62-45(2,3)4)53-15-13-31-24-47-42(49-36(31)28-53)48-32-7-5-30(6-8-32)23-39(58)52-19-17-51(18-20-52)35-26-54(27-35)33-9-11-34(12-10-33)55-16-14-38(57)50-43(55)59/h5-12,24-25,35H,13-23,26-28H2,1-4H3,(H,47,48,49)(H,50,57,59). The summed E-state index contributed by atoms with van der Waals surface area (Å²) in [7, 11) is 0. The lowest BCUT2D eigenvalue weighted by Crippen LogP contribution is -2.63. The summed E-state index contributed by atoms with van der Waals surface area (Å²) < 4.78 is 11.6. The van der Waals surface area contributed by atoms with E-state index < -0.39 is 11.7 Å². The third kappa shape index (κ3) is 8.66. The fraction of sp³-hybridized carbons (Fsp3) is 0.444. The summed E-state index contributed by atoms with van der Waals surface area (Å²) >= 11 is 0. The fourth-order valence-corrected chi connectivity index (χ4v) is 8.72. The number of rotatable bonds is 8. The van der Waals surface area contributed by atoms with Crippen molar-refractivity contribution in [2.24, 2.45) is 0 Å². The quantitative estimate of drug-likeness (QED) is 0.252. The van der Waals surface area contributed by atoms with Crippen LogP contribution in [-0.2, 0) is 33.7 Å². The molecule has 2 aromatic heterocycles. The van der Waals surface area contributed by atoms with Gasteiger partial charge in [-0.05, 0) is 81.6 Å². The smallest absolute Gasteiger partial charge is 0.415 e. The van der Waals surface area contributed by atoms with Gasteiger partial charge in [-0.25, -0.2) is 24.5 Å². The minimum absolute atomic E-state index is 0.129. The Balaban J connectivity index is 0.746. The second kappa shape index (κ2) is 16.8. The molecule has 0 unspecified atom stereocenters. The number of aromatic nitrogens is 3. The highest BCUT2D eigenvalue weighted by molar-refractivity contribution is 6.05. The van der Waals surface area contributed by atoms with Gasteiger partial charge in [-0.1, -0.05) is 12.1 Å². The highest BCUT2D eigenvalue weighted by atomic mass is 16.6. The number of imide groups is 1. The zero-order valence-corrected chi connectivity index (χ0v) is 35.7. The van der Waals surface area contributed by atoms with Crippen LogP contribution < -0.4 is 35.0 Å². The molecule has 0 atom stereocenters. The van der Waals surface area contributed by atoms with Crippen LogP contribution in [0.25, 0.3) is 0 Å². The average Bonchev–Trinajstić information content (AvgIpc) is 3.23. The van der Waals surface area contributed by atoms with Crippen LogP contribution >= 0.6 is 0 Å². The first-order valence-corrected chi connectivity index (χ1v) is 21.4. The molecule has 0 saturated carbocycles. The SMILES string of the molecule is Cc1c(N2CCc3cnc(Nc4ccc(CC(=O)N5CCN(C6CN(c7ccc(N8CCC(=O)NC8=O)cc7)C6)CC5)cc4)nc3C2)cnc2c1N(C(=O)OC(C)(C)C)CCO2. The zero-order valence-electron chi connectivity index (χ0n) is 35.7. The molecule has 2 aromatic carbocycles. The van der Waals surface area contributed by atoms with E-state index in [1.807, 2.05) is 93.5 Å². The van der Waals surface area contributed by atoms with E-state index in [1.54, 1.807) is 9.80 Å². The van der Waals surface area contributed by atoms with Crippen LogP contribution in [0, 0.1) is 6.92 Å². The van der Waals surface area contributed by atoms with Gasteiger partial charge in [0.15, 0.2) is 0 Å². The summed E-state index contributed by atoms with van der Waals surface area (Å²) in [6, 6.07) is 15.9. The van der Waals surface area contributed by atoms with E-state index in [9.17, 15) is 19.2 Å². The molecule has 7 heterocycles. The van der Waals surface area contributed by atoms with E-state index in [2.05, 4.69) is 35.3 Å². The van der Waals surface area contributed by atoms with Crippen molar-refractivity contribution in [3.8, 4) is 5.88 Å². The molecule has 62 heavy (non-hydrogen) atoms. The van der Waals surface area contributed by atoms with Crippen molar-refractivity contribution in [2.75, 3.05) is 90.4 Å². The second-order valence-electron chi connectivity index (χ2n) is 17.5. The van der Waals surface area contributed by atoms with Crippen molar-refractivity contribution in [1.29, 1.82) is 0 Å². The Kier molecular flexibility index (Phi) is 11.1. The van der Waals surface area contributed by atoms with Gasteiger partial charge in [0.05, 0.1) is 37.1 Å². The first-order chi connectivity index (χ1) is 29.8. The fourth-order valence-electron chi connectivity index (χ4n) is 8.72. The topological polar surface area (TPSA) is 169 Å². The Morgan fingerprint density at radius 3 is 2.34 bits per heavy atom. The van der Waals surface area contributed by atoms with Crippen LogP contribution in [0.15, 0.2) is 60.9 Å². The van der Waals surface area contributed by atoms with Gasteiger partial charge in [0, 0.05) is 93.6 Å². The number of nitrogens with zero attached hydrogens (tertiary/aromatic N) is 9. The number of anilines is 6. The highest BCUT2D eigenvalue weighted by Gasteiger charge is 2.36. The number of carbonyl (C=O) groups excluding carboxylic acids is 4. The lowest BCUT2D eigenvalue weighted by molar-refractivity contribution is -0.132. The van der Waals surface area contributed by atoms with Gasteiger partial charge < -0.3 is 29.5 Å². The molecule has 324 valence electrons. The molecular weight excluding hydrogens is 791 g/mol. The normalized spacial score (nSPS) is 18.4. The van der Waals surface area contributed by atoms with Crippen molar-refractivity contribution in [1.82, 2.24) is 30.1 Å². The number of ether oxygens (including phenoxy) is 2. The lowest BCUT2D eigenvalue weighted by Gasteiger charge is -2.49. The number of benzene rings is 2. The molecule has 2 N–H and O–H groups in total. The monoisotopic (exact) mass is 843 g/mol. The molecule has 5 aliphatic heterocycles. The van der Waals surface area contributed by atoms with Crippen molar-refractivity contribution >= 4 is 58.3 Å². The van der Waals surface area contributed by atoms with Crippen molar-refractivity contribution in [2.45, 2.75) is 65.1 Å². The number of hydrogen-bond acceptors (Lipinski definition) is 13. The molecule has 17 heteroatoms. The Morgan fingerprint density at radius 2 is 1.61 bits per heavy atom. The molecule has 5 amide bonds. The van der Waals surface area contributed by atoms with Crippen molar-refractivity contribution < 1.29 is 28.7 Å². The molecule has 3 saturated heterocycles. The molecule has 17 nitrogen and oxygen atoms in total. The summed E-state index contributed by atoms with van der Waals surface area (Å²) in [5.74, 6) is 0.810. The van der Waals surface area contributed by atoms with Gasteiger partial charge in [-0.15, -0.1) is 0 Å². The van der Waals surface area contributed by atoms with Crippen molar-refractivity contribution in [3.63, 3.8) is 0 Å². The number of pyridine rings is 1. The third-order valence-corrected chi connectivity index (χ3v) is 12.2. The second-order valence-corrected chi connectivity index (χ2v) is 17.5. The number of fused-ring (bicyclic) bond motifs is 2. The van der Waals surface area contributed by atoms with Gasteiger partial charge in [-0.2, -0.15) is 0 Å². The maximum absolute atomic E-state index is 13.4. The Hall–Kier alpha value is -6.49. The number of amides is 5. The Bertz CT molecular complexity index is 2360. The largest absolute Gasteiger partial charge is 0.474 e. The van der Waals surface area contributed by atoms with Gasteiger partial charge in [0.2, 0.25) is 23.6 Å². The molecule has 3 fully saturated rings. The maximum atomic E-state index is 13.4. The number of urea groups is 1. The van der Waals surface area contributed by atoms with E-state index in [0.717, 1.165) is 84.3 Å². The molecule has 0 spiro atoms. The maximum Gasteiger partial charge on any atom is 0.415 e. The predicted octanol–water partition coefficient (Wildman–Crippen LogP) is 4.64. The van der Waals surface area contributed by atoms with E-state index in [-0.39, 0.29) is 17.8 Å².